The highest BCUT2D eigenvalue weighted by atomic mass is 16.6. The molecule has 1 saturated carbocycles. The lowest BCUT2D eigenvalue weighted by Gasteiger charge is -2.14. The Bertz CT molecular complexity index is 1080. The molecule has 10 heteroatoms. The fourth-order valence-corrected chi connectivity index (χ4v) is 3.58. The molecule has 1 aliphatic carbocycles. The summed E-state index contributed by atoms with van der Waals surface area (Å²) in [6.45, 7) is 3.80. The fourth-order valence-electron chi connectivity index (χ4n) is 3.58. The van der Waals surface area contributed by atoms with E-state index >= 15 is 0 Å². The van der Waals surface area contributed by atoms with Gasteiger partial charge in [-0.1, -0.05) is 0 Å². The van der Waals surface area contributed by atoms with Gasteiger partial charge < -0.3 is 19.8 Å². The molecule has 0 aromatic carbocycles. The van der Waals surface area contributed by atoms with Gasteiger partial charge in [0, 0.05) is 36.8 Å². The lowest BCUT2D eigenvalue weighted by atomic mass is 10.0. The molecule has 4 rings (SSSR count). The number of aryl methyl sites for hydroxylation is 1. The predicted octanol–water partition coefficient (Wildman–Crippen LogP) is 2.76. The molecule has 3 aromatic rings. The molecular weight excluding hydrogens is 376 g/mol. The number of fused-ring (bicyclic) bond motifs is 1. The largest absolute Gasteiger partial charge is 0.446 e. The minimum absolute atomic E-state index is 0.0534. The van der Waals surface area contributed by atoms with Crippen LogP contribution in [0, 0.1) is 0 Å². The van der Waals surface area contributed by atoms with Gasteiger partial charge >= 0.3 is 11.8 Å². The van der Waals surface area contributed by atoms with E-state index in [0.29, 0.717) is 22.7 Å². The van der Waals surface area contributed by atoms with Crippen molar-refractivity contribution in [3.05, 3.63) is 34.6 Å². The molecule has 1 fully saturated rings. The summed E-state index contributed by atoms with van der Waals surface area (Å²) in [4.78, 5) is 27.7. The zero-order chi connectivity index (χ0) is 20.5. The number of carbonyl (C=O) groups is 1. The topological polar surface area (TPSA) is 127 Å². The minimum atomic E-state index is -0.430. The van der Waals surface area contributed by atoms with Gasteiger partial charge in [0.25, 0.3) is 0 Å². The van der Waals surface area contributed by atoms with Crippen LogP contribution < -0.4 is 16.4 Å². The lowest BCUT2D eigenvalue weighted by Crippen LogP contribution is -2.33. The number of rotatable bonds is 5. The minimum Gasteiger partial charge on any atom is -0.446 e. The van der Waals surface area contributed by atoms with Crippen LogP contribution in [0.2, 0.25) is 0 Å². The maximum atomic E-state index is 11.8. The highest BCUT2D eigenvalue weighted by Gasteiger charge is 2.30. The first kappa shape index (κ1) is 19.0. The summed E-state index contributed by atoms with van der Waals surface area (Å²) in [7, 11) is 1.63. The highest BCUT2D eigenvalue weighted by Crippen LogP contribution is 2.36. The average molecular weight is 400 g/mol. The maximum Gasteiger partial charge on any atom is 0.419 e. The molecule has 0 spiro atoms. The van der Waals surface area contributed by atoms with Gasteiger partial charge in [-0.3, -0.25) is 9.67 Å². The number of hydrogen-bond donors (Lipinski definition) is 3. The molecule has 3 aromatic heterocycles. The number of nitrogens with zero attached hydrogens (tertiary/aromatic N) is 3. The van der Waals surface area contributed by atoms with Crippen molar-refractivity contribution in [2.75, 3.05) is 5.32 Å². The number of hydrogen-bond acceptors (Lipinski definition) is 7. The Kier molecular flexibility index (Phi) is 4.99. The Morgan fingerprint density at radius 3 is 2.97 bits per heavy atom. The third-order valence-corrected chi connectivity index (χ3v) is 5.04. The molecule has 0 unspecified atom stereocenters. The van der Waals surface area contributed by atoms with E-state index in [4.69, 9.17) is 9.15 Å². The second kappa shape index (κ2) is 7.61. The van der Waals surface area contributed by atoms with Gasteiger partial charge in [-0.2, -0.15) is 5.10 Å². The van der Waals surface area contributed by atoms with Crippen LogP contribution in [0.4, 0.5) is 16.4 Å². The quantitative estimate of drug-likeness (QED) is 0.601. The van der Waals surface area contributed by atoms with Crippen LogP contribution in [0.3, 0.4) is 0 Å². The first-order chi connectivity index (χ1) is 13.9. The SMILES string of the molecule is CC(C)NC(=O)O[C@@H]1CC[C@H](c2cc(Nc3cc4oc(=O)n(C)c4cn3)n[nH]2)C1. The number of alkyl carbamates (subject to hydrolysis) is 1. The highest BCUT2D eigenvalue weighted by molar-refractivity contribution is 5.75. The average Bonchev–Trinajstić information content (AvgIpc) is 3.35. The summed E-state index contributed by atoms with van der Waals surface area (Å²) in [5.74, 6) is 0.966. The van der Waals surface area contributed by atoms with Crippen molar-refractivity contribution in [3.63, 3.8) is 0 Å². The molecule has 29 heavy (non-hydrogen) atoms. The molecular formula is C19H24N6O4. The van der Waals surface area contributed by atoms with E-state index in [9.17, 15) is 9.59 Å². The number of nitrogens with one attached hydrogen (secondary N) is 3. The van der Waals surface area contributed by atoms with Gasteiger partial charge in [0.15, 0.2) is 11.4 Å². The number of aromatic nitrogens is 4. The molecule has 1 aliphatic rings. The zero-order valence-corrected chi connectivity index (χ0v) is 16.6. The van der Waals surface area contributed by atoms with Crippen LogP contribution >= 0.6 is 0 Å². The Labute approximate surface area is 166 Å². The Morgan fingerprint density at radius 2 is 2.17 bits per heavy atom. The van der Waals surface area contributed by atoms with Crippen molar-refractivity contribution in [2.45, 2.75) is 51.2 Å². The smallest absolute Gasteiger partial charge is 0.419 e. The number of pyridine rings is 1. The Hall–Kier alpha value is -3.30. The van der Waals surface area contributed by atoms with E-state index in [1.54, 1.807) is 19.3 Å². The molecule has 0 radical (unpaired) electrons. The van der Waals surface area contributed by atoms with Gasteiger partial charge in [0.2, 0.25) is 0 Å². The second-order valence-electron chi connectivity index (χ2n) is 7.63. The Balaban J connectivity index is 1.39. The van der Waals surface area contributed by atoms with Gasteiger partial charge in [0.1, 0.15) is 17.4 Å². The molecule has 1 amide bonds. The first-order valence-corrected chi connectivity index (χ1v) is 9.64. The van der Waals surface area contributed by atoms with Gasteiger partial charge in [-0.15, -0.1) is 0 Å². The summed E-state index contributed by atoms with van der Waals surface area (Å²) in [5, 5.41) is 13.2. The molecule has 0 aliphatic heterocycles. The third-order valence-electron chi connectivity index (χ3n) is 5.04. The number of aromatic amines is 1. The van der Waals surface area contributed by atoms with Crippen LogP contribution in [0.15, 0.2) is 27.5 Å². The van der Waals surface area contributed by atoms with Crippen molar-refractivity contribution >= 4 is 28.8 Å². The predicted molar refractivity (Wildman–Crippen MR) is 106 cm³/mol. The number of anilines is 2. The molecule has 154 valence electrons. The van der Waals surface area contributed by atoms with Crippen LogP contribution in [-0.2, 0) is 11.8 Å². The monoisotopic (exact) mass is 400 g/mol. The van der Waals surface area contributed by atoms with Crippen molar-refractivity contribution in [2.24, 2.45) is 7.05 Å². The van der Waals surface area contributed by atoms with Crippen LogP contribution in [0.1, 0.15) is 44.7 Å². The van der Waals surface area contributed by atoms with E-state index in [1.165, 1.54) is 4.57 Å². The van der Waals surface area contributed by atoms with E-state index in [-0.39, 0.29) is 24.2 Å². The molecule has 3 N–H and O–H groups in total. The van der Waals surface area contributed by atoms with Crippen LogP contribution in [0.5, 0.6) is 0 Å². The van der Waals surface area contributed by atoms with Crippen molar-refractivity contribution < 1.29 is 13.9 Å². The van der Waals surface area contributed by atoms with Crippen LogP contribution in [-0.4, -0.2) is 38.0 Å². The number of H-pyrrole nitrogens is 1. The fraction of sp³-hybridized carbons (Fsp3) is 0.474. The van der Waals surface area contributed by atoms with E-state index < -0.39 is 5.76 Å². The number of ether oxygens (including phenoxy) is 1. The van der Waals surface area contributed by atoms with E-state index in [1.807, 2.05) is 19.9 Å². The number of carbonyl (C=O) groups excluding carboxylic acids is 1. The molecule has 10 nitrogen and oxygen atoms in total. The summed E-state index contributed by atoms with van der Waals surface area (Å²) in [5.41, 5.74) is 2.07. The third kappa shape index (κ3) is 4.10. The molecule has 2 atom stereocenters. The standard InChI is InChI=1S/C19H24N6O4/c1-10(2)21-18(26)28-12-5-4-11(6-12)13-7-17(24-23-13)22-16-8-15-14(9-20-16)25(3)19(27)29-15/h7-12H,4-6H2,1-3H3,(H,21,26)(H2,20,22,23,24)/t11-,12+/m0/s1. The van der Waals surface area contributed by atoms with Crippen molar-refractivity contribution in [1.29, 1.82) is 0 Å². The normalized spacial score (nSPS) is 19.0. The summed E-state index contributed by atoms with van der Waals surface area (Å²) in [6, 6.07) is 3.64. The summed E-state index contributed by atoms with van der Waals surface area (Å²) >= 11 is 0. The van der Waals surface area contributed by atoms with Gasteiger partial charge in [0.05, 0.1) is 6.20 Å². The van der Waals surface area contributed by atoms with E-state index in [2.05, 4.69) is 25.8 Å². The lowest BCUT2D eigenvalue weighted by molar-refractivity contribution is 0.0981. The zero-order valence-electron chi connectivity index (χ0n) is 16.6. The number of amides is 1. The van der Waals surface area contributed by atoms with Crippen LogP contribution in [0.25, 0.3) is 11.1 Å². The summed E-state index contributed by atoms with van der Waals surface area (Å²) < 4.78 is 12.1. The maximum absolute atomic E-state index is 11.8. The molecule has 3 heterocycles. The Morgan fingerprint density at radius 1 is 1.34 bits per heavy atom. The number of oxazole rings is 1. The van der Waals surface area contributed by atoms with E-state index in [0.717, 1.165) is 25.0 Å². The molecule has 0 saturated heterocycles. The first-order valence-electron chi connectivity index (χ1n) is 9.64. The molecule has 0 bridgehead atoms. The van der Waals surface area contributed by atoms with Gasteiger partial charge in [-0.05, 0) is 33.1 Å². The van der Waals surface area contributed by atoms with Crippen molar-refractivity contribution in [1.82, 2.24) is 25.1 Å². The van der Waals surface area contributed by atoms with Gasteiger partial charge in [-0.25, -0.2) is 14.6 Å². The second-order valence-corrected chi connectivity index (χ2v) is 7.63. The van der Waals surface area contributed by atoms with Crippen molar-refractivity contribution in [3.8, 4) is 0 Å². The summed E-state index contributed by atoms with van der Waals surface area (Å²) in [6.07, 6.45) is 3.61.